The van der Waals surface area contributed by atoms with Gasteiger partial charge >= 0.3 is 0 Å². The van der Waals surface area contributed by atoms with Crippen molar-refractivity contribution in [2.24, 2.45) is 0 Å². The van der Waals surface area contributed by atoms with Crippen molar-refractivity contribution in [3.63, 3.8) is 0 Å². The third kappa shape index (κ3) is 4.91. The molecule has 0 saturated carbocycles. The van der Waals surface area contributed by atoms with E-state index >= 15 is 0 Å². The zero-order valence-electron chi connectivity index (χ0n) is 24.7. The number of ether oxygens (including phenoxy) is 1. The molecule has 0 unspecified atom stereocenters. The predicted octanol–water partition coefficient (Wildman–Crippen LogP) is 4.37. The van der Waals surface area contributed by atoms with E-state index < -0.39 is 0 Å². The van der Waals surface area contributed by atoms with E-state index in [1.165, 1.54) is 11.3 Å². The summed E-state index contributed by atoms with van der Waals surface area (Å²) in [6, 6.07) is 12.9. The van der Waals surface area contributed by atoms with E-state index in [1.807, 2.05) is 13.2 Å². The van der Waals surface area contributed by atoms with E-state index in [0.29, 0.717) is 19.1 Å². The van der Waals surface area contributed by atoms with Crippen molar-refractivity contribution in [3.8, 4) is 0 Å². The highest BCUT2D eigenvalue weighted by Gasteiger charge is 2.55. The summed E-state index contributed by atoms with van der Waals surface area (Å²) in [6.07, 6.45) is 2.86. The van der Waals surface area contributed by atoms with Gasteiger partial charge in [-0.1, -0.05) is 13.0 Å². The van der Waals surface area contributed by atoms with Gasteiger partial charge in [0.1, 0.15) is 11.6 Å². The first kappa shape index (κ1) is 26.9. The molecule has 0 bridgehead atoms. The van der Waals surface area contributed by atoms with Crippen molar-refractivity contribution in [3.05, 3.63) is 59.4 Å². The van der Waals surface area contributed by atoms with Crippen LogP contribution in [0.15, 0.2) is 42.6 Å². The zero-order valence-corrected chi connectivity index (χ0v) is 24.7. The Bertz CT molecular complexity index is 1390. The van der Waals surface area contributed by atoms with Crippen LogP contribution in [0.2, 0.25) is 0 Å². The number of hydrogen-bond acceptors (Lipinski definition) is 9. The Labute approximate surface area is 238 Å². The quantitative estimate of drug-likeness (QED) is 0.472. The van der Waals surface area contributed by atoms with E-state index in [2.05, 4.69) is 96.5 Å². The number of rotatable bonds is 6. The summed E-state index contributed by atoms with van der Waals surface area (Å²) in [7, 11) is 4.13. The number of benzene rings is 1. The smallest absolute Gasteiger partial charge is 0.229 e. The van der Waals surface area contributed by atoms with Crippen LogP contribution in [-0.4, -0.2) is 78.4 Å². The fourth-order valence-corrected chi connectivity index (χ4v) is 6.41. The highest BCUT2D eigenvalue weighted by molar-refractivity contribution is 5.71. The van der Waals surface area contributed by atoms with Gasteiger partial charge in [-0.3, -0.25) is 0 Å². The summed E-state index contributed by atoms with van der Waals surface area (Å²) >= 11 is 0. The topological polar surface area (TPSA) is 81.7 Å². The molecule has 3 aliphatic heterocycles. The molecule has 0 radical (unpaired) electrons. The molecule has 1 aromatic carbocycles. The van der Waals surface area contributed by atoms with Gasteiger partial charge in [-0.15, -0.1) is 0 Å². The van der Waals surface area contributed by atoms with Crippen LogP contribution < -0.4 is 20.4 Å². The number of pyridine rings is 1. The lowest BCUT2D eigenvalue weighted by atomic mass is 9.73. The molecule has 2 atom stereocenters. The van der Waals surface area contributed by atoms with Crippen LogP contribution in [0.3, 0.4) is 0 Å². The summed E-state index contributed by atoms with van der Waals surface area (Å²) in [6.45, 7) is 14.4. The Balaban J connectivity index is 1.33. The van der Waals surface area contributed by atoms with Crippen LogP contribution in [0.5, 0.6) is 0 Å². The Hall–Kier alpha value is -3.27. The van der Waals surface area contributed by atoms with Crippen molar-refractivity contribution in [1.82, 2.24) is 25.2 Å². The average Bonchev–Trinajstić information content (AvgIpc) is 3.16. The molecular formula is C31H42N8O. The molecule has 5 heterocycles. The summed E-state index contributed by atoms with van der Waals surface area (Å²) in [4.78, 5) is 22.1. The molecule has 40 heavy (non-hydrogen) atoms. The van der Waals surface area contributed by atoms with E-state index in [9.17, 15) is 0 Å². The number of aromatic nitrogens is 3. The lowest BCUT2D eigenvalue weighted by Crippen LogP contribution is -2.54. The van der Waals surface area contributed by atoms with Crippen molar-refractivity contribution in [2.75, 3.05) is 62.0 Å². The van der Waals surface area contributed by atoms with Crippen LogP contribution in [-0.2, 0) is 16.7 Å². The second-order valence-electron chi connectivity index (χ2n) is 12.4. The number of piperazine rings is 1. The van der Waals surface area contributed by atoms with E-state index in [4.69, 9.17) is 19.7 Å². The molecule has 2 saturated heterocycles. The highest BCUT2D eigenvalue weighted by Crippen LogP contribution is 2.53. The van der Waals surface area contributed by atoms with Crippen molar-refractivity contribution in [1.29, 1.82) is 0 Å². The molecule has 2 aromatic heterocycles. The zero-order chi connectivity index (χ0) is 28.1. The molecule has 6 rings (SSSR count). The Kier molecular flexibility index (Phi) is 6.92. The summed E-state index contributed by atoms with van der Waals surface area (Å²) in [5.41, 5.74) is 5.19. The molecule has 3 aromatic rings. The monoisotopic (exact) mass is 542 g/mol. The first-order valence-electron chi connectivity index (χ1n) is 14.4. The number of aryl methyl sites for hydroxylation is 1. The van der Waals surface area contributed by atoms with E-state index in [0.717, 1.165) is 61.2 Å². The minimum absolute atomic E-state index is 0.165. The minimum Gasteiger partial charge on any atom is -0.374 e. The second-order valence-corrected chi connectivity index (χ2v) is 12.4. The van der Waals surface area contributed by atoms with Crippen LogP contribution in [0.1, 0.15) is 44.0 Å². The normalized spacial score (nSPS) is 24.1. The lowest BCUT2D eigenvalue weighted by Gasteiger charge is -2.46. The van der Waals surface area contributed by atoms with Gasteiger partial charge in [0.2, 0.25) is 5.95 Å². The van der Waals surface area contributed by atoms with Crippen LogP contribution in [0.25, 0.3) is 0 Å². The molecule has 0 spiro atoms. The number of nitrogens with one attached hydrogen (secondary N) is 2. The van der Waals surface area contributed by atoms with Gasteiger partial charge in [0, 0.05) is 61.3 Å². The maximum absolute atomic E-state index is 6.36. The van der Waals surface area contributed by atoms with Gasteiger partial charge in [0.25, 0.3) is 0 Å². The minimum atomic E-state index is -0.232. The Morgan fingerprint density at radius 1 is 1.05 bits per heavy atom. The van der Waals surface area contributed by atoms with Gasteiger partial charge in [-0.25, -0.2) is 9.97 Å². The van der Waals surface area contributed by atoms with Crippen molar-refractivity contribution >= 4 is 29.0 Å². The van der Waals surface area contributed by atoms with Gasteiger partial charge < -0.3 is 30.1 Å². The summed E-state index contributed by atoms with van der Waals surface area (Å²) in [5, 5.41) is 6.71. The Morgan fingerprint density at radius 3 is 2.60 bits per heavy atom. The SMILES string of the molecule is CNCc1cccc(N2c3nc(Nc4ccc(N5CCN(C)CC5)c(C)c4)ncc3[C@@]3(C)COC(C)(C)C[C@@H]23)n1. The molecular weight excluding hydrogens is 500 g/mol. The molecule has 3 aliphatic rings. The van der Waals surface area contributed by atoms with Crippen molar-refractivity contribution in [2.45, 2.75) is 57.7 Å². The molecule has 0 amide bonds. The second kappa shape index (κ2) is 10.3. The van der Waals surface area contributed by atoms with Crippen LogP contribution >= 0.6 is 0 Å². The van der Waals surface area contributed by atoms with Gasteiger partial charge in [-0.2, -0.15) is 4.98 Å². The maximum atomic E-state index is 6.36. The predicted molar refractivity (Wildman–Crippen MR) is 161 cm³/mol. The standard InChI is InChI=1S/C31H42N8O/c1-21-16-22(10-11-25(21)38-14-12-37(6)13-15-38)35-29-33-19-24-28(36-29)39(27-9-7-8-23(34-27)18-32-5)26-17-30(2,3)40-20-31(24,26)4/h7-11,16,19,26,32H,12-15,17-18,20H2,1-6H3,(H,33,35,36)/t26-,31-/m1/s1. The lowest BCUT2D eigenvalue weighted by molar-refractivity contribution is -0.0893. The van der Waals surface area contributed by atoms with Gasteiger partial charge in [0.15, 0.2) is 0 Å². The fraction of sp³-hybridized carbons (Fsp3) is 0.516. The van der Waals surface area contributed by atoms with E-state index in [1.54, 1.807) is 0 Å². The molecule has 0 aliphatic carbocycles. The van der Waals surface area contributed by atoms with Crippen molar-refractivity contribution < 1.29 is 4.74 Å². The first-order chi connectivity index (χ1) is 19.2. The molecule has 212 valence electrons. The highest BCUT2D eigenvalue weighted by atomic mass is 16.5. The first-order valence-corrected chi connectivity index (χ1v) is 14.4. The van der Waals surface area contributed by atoms with Crippen LogP contribution in [0.4, 0.5) is 29.0 Å². The Morgan fingerprint density at radius 2 is 1.85 bits per heavy atom. The molecule has 2 fully saturated rings. The number of likely N-dealkylation sites (N-methyl/N-ethyl adjacent to an activating group) is 1. The van der Waals surface area contributed by atoms with Gasteiger partial charge in [-0.05, 0) is 77.2 Å². The van der Waals surface area contributed by atoms with E-state index in [-0.39, 0.29) is 17.1 Å². The van der Waals surface area contributed by atoms with Crippen LogP contribution in [0, 0.1) is 6.92 Å². The fourth-order valence-electron chi connectivity index (χ4n) is 6.41. The third-order valence-corrected chi connectivity index (χ3v) is 8.80. The number of nitrogens with zero attached hydrogens (tertiary/aromatic N) is 6. The summed E-state index contributed by atoms with van der Waals surface area (Å²) < 4.78 is 6.36. The number of anilines is 5. The third-order valence-electron chi connectivity index (χ3n) is 8.80. The van der Waals surface area contributed by atoms with Gasteiger partial charge in [0.05, 0.1) is 23.9 Å². The number of fused-ring (bicyclic) bond motifs is 3. The summed E-state index contributed by atoms with van der Waals surface area (Å²) in [5.74, 6) is 2.41. The number of hydrogen-bond donors (Lipinski definition) is 2. The maximum Gasteiger partial charge on any atom is 0.229 e. The molecule has 2 N–H and O–H groups in total. The largest absolute Gasteiger partial charge is 0.374 e. The average molecular weight is 543 g/mol. The molecule has 9 heteroatoms. The molecule has 9 nitrogen and oxygen atoms in total.